The molecule has 0 bridgehead atoms. The number of aryl methyl sites for hydroxylation is 1. The van der Waals surface area contributed by atoms with Gasteiger partial charge in [0.25, 0.3) is 0 Å². The number of hydrogen-bond acceptors (Lipinski definition) is 4. The molecule has 0 aliphatic rings. The number of benzene rings is 1. The molecule has 0 aromatic heterocycles. The molecular weight excluding hydrogens is 218 g/mol. The molecule has 0 spiro atoms. The van der Waals surface area contributed by atoms with Crippen molar-refractivity contribution in [2.24, 2.45) is 0 Å². The van der Waals surface area contributed by atoms with E-state index in [4.69, 9.17) is 9.84 Å². The van der Waals surface area contributed by atoms with Gasteiger partial charge in [0.2, 0.25) is 0 Å². The van der Waals surface area contributed by atoms with Gasteiger partial charge in [0, 0.05) is 19.3 Å². The van der Waals surface area contributed by atoms with Crippen LogP contribution in [0.5, 0.6) is 0 Å². The van der Waals surface area contributed by atoms with Crippen molar-refractivity contribution in [3.8, 4) is 0 Å². The van der Waals surface area contributed by atoms with Crippen LogP contribution < -0.4 is 5.32 Å². The lowest BCUT2D eigenvalue weighted by atomic mass is 10.0. The normalized spacial score (nSPS) is 10.1. The minimum Gasteiger partial charge on any atom is -0.462 e. The van der Waals surface area contributed by atoms with Crippen LogP contribution in [0.3, 0.4) is 0 Å². The average molecular weight is 237 g/mol. The van der Waals surface area contributed by atoms with Crippen molar-refractivity contribution in [1.82, 2.24) is 0 Å². The Morgan fingerprint density at radius 1 is 1.47 bits per heavy atom. The maximum absolute atomic E-state index is 11.6. The molecule has 0 amide bonds. The first-order valence-corrected chi connectivity index (χ1v) is 5.81. The van der Waals surface area contributed by atoms with Gasteiger partial charge in [0.05, 0.1) is 12.2 Å². The molecule has 17 heavy (non-hydrogen) atoms. The van der Waals surface area contributed by atoms with Crippen molar-refractivity contribution in [2.45, 2.75) is 19.8 Å². The molecule has 0 atom stereocenters. The fraction of sp³-hybridized carbons (Fsp3) is 0.462. The van der Waals surface area contributed by atoms with E-state index >= 15 is 0 Å². The lowest BCUT2D eigenvalue weighted by Gasteiger charge is -2.10. The number of anilines is 1. The van der Waals surface area contributed by atoms with Crippen LogP contribution in [0.2, 0.25) is 0 Å². The predicted octanol–water partition coefficient (Wildman–Crippen LogP) is 1.83. The van der Waals surface area contributed by atoms with Gasteiger partial charge in [-0.25, -0.2) is 4.79 Å². The molecule has 4 heteroatoms. The van der Waals surface area contributed by atoms with Crippen molar-refractivity contribution in [2.75, 3.05) is 25.6 Å². The Hall–Kier alpha value is -1.55. The summed E-state index contributed by atoms with van der Waals surface area (Å²) >= 11 is 0. The van der Waals surface area contributed by atoms with Crippen molar-refractivity contribution in [3.63, 3.8) is 0 Å². The van der Waals surface area contributed by atoms with Gasteiger partial charge in [-0.2, -0.15) is 0 Å². The molecule has 4 nitrogen and oxygen atoms in total. The second-order valence-corrected chi connectivity index (χ2v) is 3.67. The van der Waals surface area contributed by atoms with Crippen LogP contribution in [0.4, 0.5) is 5.69 Å². The lowest BCUT2D eigenvalue weighted by Crippen LogP contribution is -2.06. The number of nitrogens with one attached hydrogen (secondary N) is 1. The van der Waals surface area contributed by atoms with Gasteiger partial charge < -0.3 is 15.2 Å². The summed E-state index contributed by atoms with van der Waals surface area (Å²) in [5.74, 6) is -0.305. The summed E-state index contributed by atoms with van der Waals surface area (Å²) in [4.78, 5) is 11.6. The summed E-state index contributed by atoms with van der Waals surface area (Å²) in [6.45, 7) is 2.30. The van der Waals surface area contributed by atoms with E-state index in [1.165, 1.54) is 0 Å². The zero-order valence-electron chi connectivity index (χ0n) is 10.3. The second-order valence-electron chi connectivity index (χ2n) is 3.67. The van der Waals surface area contributed by atoms with Gasteiger partial charge in [-0.1, -0.05) is 0 Å². The Morgan fingerprint density at radius 2 is 2.24 bits per heavy atom. The third-order valence-corrected chi connectivity index (χ3v) is 2.49. The third-order valence-electron chi connectivity index (χ3n) is 2.49. The smallest absolute Gasteiger partial charge is 0.338 e. The van der Waals surface area contributed by atoms with Gasteiger partial charge >= 0.3 is 5.97 Å². The molecule has 1 aromatic carbocycles. The molecule has 0 saturated heterocycles. The second kappa shape index (κ2) is 6.91. The molecule has 1 rings (SSSR count). The predicted molar refractivity (Wildman–Crippen MR) is 67.4 cm³/mol. The number of ether oxygens (including phenoxy) is 1. The number of aliphatic hydroxyl groups is 1. The summed E-state index contributed by atoms with van der Waals surface area (Å²) in [6.07, 6.45) is 1.42. The first-order chi connectivity index (χ1) is 8.22. The Morgan fingerprint density at radius 3 is 2.82 bits per heavy atom. The monoisotopic (exact) mass is 237 g/mol. The summed E-state index contributed by atoms with van der Waals surface area (Å²) in [6, 6.07) is 5.42. The van der Waals surface area contributed by atoms with Crippen molar-refractivity contribution in [1.29, 1.82) is 0 Å². The molecule has 0 fully saturated rings. The molecule has 2 N–H and O–H groups in total. The highest BCUT2D eigenvalue weighted by molar-refractivity contribution is 5.90. The first-order valence-electron chi connectivity index (χ1n) is 5.81. The molecule has 0 aliphatic heterocycles. The molecular formula is C13H19NO3. The molecule has 0 saturated carbocycles. The van der Waals surface area contributed by atoms with E-state index in [0.717, 1.165) is 17.7 Å². The Bertz CT molecular complexity index is 377. The maximum Gasteiger partial charge on any atom is 0.338 e. The number of hydrogen-bond donors (Lipinski definition) is 2. The summed E-state index contributed by atoms with van der Waals surface area (Å²) in [7, 11) is 1.84. The lowest BCUT2D eigenvalue weighted by molar-refractivity contribution is 0.0526. The Kier molecular flexibility index (Phi) is 5.49. The van der Waals surface area contributed by atoms with Crippen LogP contribution in [-0.4, -0.2) is 31.3 Å². The van der Waals surface area contributed by atoms with Crippen LogP contribution in [0.15, 0.2) is 18.2 Å². The quantitative estimate of drug-likeness (QED) is 0.741. The molecule has 0 radical (unpaired) electrons. The van der Waals surface area contributed by atoms with Gasteiger partial charge in [-0.15, -0.1) is 0 Å². The van der Waals surface area contributed by atoms with Crippen LogP contribution in [0.25, 0.3) is 0 Å². The van der Waals surface area contributed by atoms with Gasteiger partial charge in [-0.3, -0.25) is 0 Å². The molecule has 0 heterocycles. The molecule has 1 aromatic rings. The highest BCUT2D eigenvalue weighted by atomic mass is 16.5. The molecule has 0 unspecified atom stereocenters. The van der Waals surface area contributed by atoms with Gasteiger partial charge in [0.15, 0.2) is 0 Å². The van der Waals surface area contributed by atoms with Crippen LogP contribution in [0.1, 0.15) is 29.3 Å². The highest BCUT2D eigenvalue weighted by Crippen LogP contribution is 2.19. The minimum atomic E-state index is -0.305. The van der Waals surface area contributed by atoms with Crippen LogP contribution in [-0.2, 0) is 11.2 Å². The zero-order valence-corrected chi connectivity index (χ0v) is 10.3. The van der Waals surface area contributed by atoms with E-state index in [2.05, 4.69) is 5.32 Å². The molecule has 94 valence electrons. The number of aliphatic hydroxyl groups excluding tert-OH is 1. The summed E-state index contributed by atoms with van der Waals surface area (Å²) < 4.78 is 4.95. The van der Waals surface area contributed by atoms with Gasteiger partial charge in [0.1, 0.15) is 0 Å². The van der Waals surface area contributed by atoms with E-state index < -0.39 is 0 Å². The third kappa shape index (κ3) is 3.75. The standard InChI is InChI=1S/C13H19NO3/c1-3-17-13(16)11-6-7-12(14-2)10(9-11)5-4-8-15/h6-7,9,14-15H,3-5,8H2,1-2H3. The van der Waals surface area contributed by atoms with Gasteiger partial charge in [-0.05, 0) is 43.5 Å². The van der Waals surface area contributed by atoms with Crippen molar-refractivity contribution in [3.05, 3.63) is 29.3 Å². The largest absolute Gasteiger partial charge is 0.462 e. The number of esters is 1. The SMILES string of the molecule is CCOC(=O)c1ccc(NC)c(CCCO)c1. The fourth-order valence-electron chi connectivity index (χ4n) is 1.66. The fourth-order valence-corrected chi connectivity index (χ4v) is 1.66. The van der Waals surface area contributed by atoms with Crippen molar-refractivity contribution >= 4 is 11.7 Å². The Labute approximate surface area is 102 Å². The van der Waals surface area contributed by atoms with Crippen LogP contribution >= 0.6 is 0 Å². The van der Waals surface area contributed by atoms with E-state index in [-0.39, 0.29) is 12.6 Å². The Balaban J connectivity index is 2.91. The number of carbonyl (C=O) groups excluding carboxylic acids is 1. The van der Waals surface area contributed by atoms with E-state index in [9.17, 15) is 4.79 Å². The number of rotatable bonds is 6. The van der Waals surface area contributed by atoms with Crippen LogP contribution in [0, 0.1) is 0 Å². The van der Waals surface area contributed by atoms with E-state index in [1.807, 2.05) is 19.2 Å². The summed E-state index contributed by atoms with van der Waals surface area (Å²) in [5.41, 5.74) is 2.55. The number of carbonyl (C=O) groups is 1. The minimum absolute atomic E-state index is 0.146. The summed E-state index contributed by atoms with van der Waals surface area (Å²) in [5, 5.41) is 11.9. The highest BCUT2D eigenvalue weighted by Gasteiger charge is 2.09. The maximum atomic E-state index is 11.6. The van der Waals surface area contributed by atoms with Crippen molar-refractivity contribution < 1.29 is 14.6 Å². The first kappa shape index (κ1) is 13.5. The van der Waals surface area contributed by atoms with E-state index in [1.54, 1.807) is 13.0 Å². The molecule has 0 aliphatic carbocycles. The van der Waals surface area contributed by atoms with E-state index in [0.29, 0.717) is 18.6 Å². The zero-order chi connectivity index (χ0) is 12.7. The average Bonchev–Trinajstić information content (AvgIpc) is 2.36. The topological polar surface area (TPSA) is 58.6 Å².